The van der Waals surface area contributed by atoms with Crippen LogP contribution in [0.25, 0.3) is 0 Å². The summed E-state index contributed by atoms with van der Waals surface area (Å²) in [6.07, 6.45) is 2.52. The van der Waals surface area contributed by atoms with Crippen molar-refractivity contribution in [2.24, 2.45) is 0 Å². The largest absolute Gasteiger partial charge is 0.385 e. The Hall–Kier alpha value is -0.280. The van der Waals surface area contributed by atoms with Gasteiger partial charge in [-0.05, 0) is 32.6 Å². The summed E-state index contributed by atoms with van der Waals surface area (Å²) < 4.78 is 36.2. The summed E-state index contributed by atoms with van der Waals surface area (Å²) in [7, 11) is 1.52. The molecule has 0 aliphatic carbocycles. The average Bonchev–Trinajstić information content (AvgIpc) is 2.62. The van der Waals surface area contributed by atoms with Gasteiger partial charge in [0.2, 0.25) is 11.6 Å². The van der Waals surface area contributed by atoms with Gasteiger partial charge in [-0.3, -0.25) is 0 Å². The van der Waals surface area contributed by atoms with Crippen molar-refractivity contribution >= 4 is 0 Å². The van der Waals surface area contributed by atoms with Crippen LogP contribution < -0.4 is 0 Å². The highest BCUT2D eigenvalue weighted by atomic mass is 16.8. The number of hydrogen-bond donors (Lipinski definition) is 1. The minimum absolute atomic E-state index is 0.272. The SMILES string of the molecule is CO[C@@H]1O[C@@H](C)[C@@H]2O[C@]3(CCCCO3)[C@@]3(CCCCO3)O[C@H]2[C@H]1O. The molecule has 7 nitrogen and oxygen atoms in total. The Labute approximate surface area is 142 Å². The van der Waals surface area contributed by atoms with Crippen molar-refractivity contribution in [1.82, 2.24) is 0 Å². The molecule has 0 unspecified atom stereocenters. The minimum Gasteiger partial charge on any atom is -0.385 e. The van der Waals surface area contributed by atoms with E-state index in [1.54, 1.807) is 0 Å². The summed E-state index contributed by atoms with van der Waals surface area (Å²) in [6.45, 7) is 3.15. The van der Waals surface area contributed by atoms with Crippen LogP contribution in [-0.4, -0.2) is 67.7 Å². The lowest BCUT2D eigenvalue weighted by molar-refractivity contribution is -0.504. The normalized spacial score (nSPS) is 52.4. The zero-order valence-corrected chi connectivity index (χ0v) is 14.4. The maximum atomic E-state index is 10.6. The average molecular weight is 344 g/mol. The van der Waals surface area contributed by atoms with E-state index in [1.807, 2.05) is 6.92 Å². The Kier molecular flexibility index (Phi) is 4.62. The van der Waals surface area contributed by atoms with Gasteiger partial charge in [0.05, 0.1) is 19.3 Å². The Morgan fingerprint density at radius 2 is 1.50 bits per heavy atom. The lowest BCUT2D eigenvalue weighted by atomic mass is 9.86. The van der Waals surface area contributed by atoms with E-state index in [9.17, 15) is 5.11 Å². The lowest BCUT2D eigenvalue weighted by Gasteiger charge is -2.60. The first kappa shape index (κ1) is 17.1. The molecule has 7 heteroatoms. The van der Waals surface area contributed by atoms with Crippen molar-refractivity contribution in [2.45, 2.75) is 87.7 Å². The molecular weight excluding hydrogens is 316 g/mol. The van der Waals surface area contributed by atoms with E-state index in [2.05, 4.69) is 0 Å². The molecule has 4 heterocycles. The zero-order valence-electron chi connectivity index (χ0n) is 14.4. The Bertz CT molecular complexity index is 444. The molecule has 0 aromatic rings. The fourth-order valence-corrected chi connectivity index (χ4v) is 4.42. The molecule has 0 bridgehead atoms. The highest BCUT2D eigenvalue weighted by molar-refractivity contribution is 5.03. The fourth-order valence-electron chi connectivity index (χ4n) is 4.42. The number of hydrogen-bond acceptors (Lipinski definition) is 7. The van der Waals surface area contributed by atoms with Crippen molar-refractivity contribution in [2.75, 3.05) is 20.3 Å². The second-order valence-corrected chi connectivity index (χ2v) is 7.22. The van der Waals surface area contributed by atoms with Crippen LogP contribution in [0.5, 0.6) is 0 Å². The summed E-state index contributed by atoms with van der Waals surface area (Å²) in [5.74, 6) is -1.87. The van der Waals surface area contributed by atoms with Gasteiger partial charge < -0.3 is 33.5 Å². The first-order chi connectivity index (χ1) is 11.6. The Morgan fingerprint density at radius 1 is 0.917 bits per heavy atom. The summed E-state index contributed by atoms with van der Waals surface area (Å²) in [5, 5.41) is 10.6. The van der Waals surface area contributed by atoms with Crippen LogP contribution in [0.3, 0.4) is 0 Å². The molecule has 4 aliphatic heterocycles. The highest BCUT2D eigenvalue weighted by Gasteiger charge is 2.66. The van der Waals surface area contributed by atoms with Crippen LogP contribution in [0.1, 0.15) is 45.4 Å². The highest BCUT2D eigenvalue weighted by Crippen LogP contribution is 2.51. The quantitative estimate of drug-likeness (QED) is 0.769. The second-order valence-electron chi connectivity index (χ2n) is 7.22. The van der Waals surface area contributed by atoms with Crippen molar-refractivity contribution < 1.29 is 33.5 Å². The summed E-state index contributed by atoms with van der Waals surface area (Å²) >= 11 is 0. The summed E-state index contributed by atoms with van der Waals surface area (Å²) in [5.41, 5.74) is 0. The maximum Gasteiger partial charge on any atom is 0.224 e. The van der Waals surface area contributed by atoms with Crippen molar-refractivity contribution in [3.63, 3.8) is 0 Å². The van der Waals surface area contributed by atoms with Crippen LogP contribution in [-0.2, 0) is 28.4 Å². The van der Waals surface area contributed by atoms with Gasteiger partial charge in [-0.25, -0.2) is 0 Å². The van der Waals surface area contributed by atoms with E-state index >= 15 is 0 Å². The van der Waals surface area contributed by atoms with Gasteiger partial charge in [0, 0.05) is 20.0 Å². The van der Waals surface area contributed by atoms with Gasteiger partial charge in [-0.15, -0.1) is 0 Å². The Balaban J connectivity index is 1.67. The summed E-state index contributed by atoms with van der Waals surface area (Å²) in [4.78, 5) is 0. The molecule has 24 heavy (non-hydrogen) atoms. The number of aliphatic hydroxyl groups excluding tert-OH is 1. The molecule has 1 N–H and O–H groups in total. The molecule has 138 valence electrons. The molecule has 4 fully saturated rings. The number of ether oxygens (including phenoxy) is 6. The topological polar surface area (TPSA) is 75.6 Å². The molecule has 7 atom stereocenters. The Morgan fingerprint density at radius 3 is 2.00 bits per heavy atom. The fraction of sp³-hybridized carbons (Fsp3) is 1.00. The molecule has 0 aromatic heterocycles. The minimum atomic E-state index is -0.955. The third kappa shape index (κ3) is 2.53. The van der Waals surface area contributed by atoms with E-state index in [4.69, 9.17) is 28.4 Å². The van der Waals surface area contributed by atoms with Crippen molar-refractivity contribution in [3.8, 4) is 0 Å². The molecule has 0 saturated carbocycles. The van der Waals surface area contributed by atoms with E-state index in [1.165, 1.54) is 7.11 Å². The van der Waals surface area contributed by atoms with Gasteiger partial charge in [0.1, 0.15) is 18.3 Å². The molecule has 0 amide bonds. The second kappa shape index (κ2) is 6.46. The van der Waals surface area contributed by atoms with Crippen LogP contribution in [0.4, 0.5) is 0 Å². The van der Waals surface area contributed by atoms with Gasteiger partial charge in [-0.1, -0.05) is 0 Å². The van der Waals surface area contributed by atoms with Gasteiger partial charge >= 0.3 is 0 Å². The molecule has 0 radical (unpaired) electrons. The van der Waals surface area contributed by atoms with E-state index < -0.39 is 36.2 Å². The lowest BCUT2D eigenvalue weighted by Crippen LogP contribution is -2.75. The number of aliphatic hydroxyl groups is 1. The summed E-state index contributed by atoms with van der Waals surface area (Å²) in [6, 6.07) is 0. The van der Waals surface area contributed by atoms with Crippen molar-refractivity contribution in [3.05, 3.63) is 0 Å². The first-order valence-electron chi connectivity index (χ1n) is 9.11. The number of rotatable bonds is 1. The number of methoxy groups -OCH3 is 1. The third-order valence-electron chi connectivity index (χ3n) is 5.69. The van der Waals surface area contributed by atoms with E-state index in [0.717, 1.165) is 32.1 Å². The molecule has 2 spiro atoms. The zero-order chi connectivity index (χ0) is 16.8. The van der Waals surface area contributed by atoms with E-state index in [-0.39, 0.29) is 6.10 Å². The standard InChI is InChI=1S/C17H28O7/c1-11-13-14(12(18)15(19-2)22-11)24-17(8-4-6-10-21-17)16(23-13)7-3-5-9-20-16/h11-15,18H,3-10H2,1-2H3/t11-,12+,13-,14-,15+,16+,17+/m0/s1. The van der Waals surface area contributed by atoms with E-state index in [0.29, 0.717) is 19.6 Å². The van der Waals surface area contributed by atoms with Crippen LogP contribution in [0.15, 0.2) is 0 Å². The predicted octanol–water partition coefficient (Wildman–Crippen LogP) is 1.32. The maximum absolute atomic E-state index is 10.6. The molecule has 0 aromatic carbocycles. The van der Waals surface area contributed by atoms with Gasteiger partial charge in [0.15, 0.2) is 6.29 Å². The number of fused-ring (bicyclic) bond motifs is 2. The van der Waals surface area contributed by atoms with Crippen LogP contribution >= 0.6 is 0 Å². The molecule has 4 rings (SSSR count). The predicted molar refractivity (Wildman–Crippen MR) is 82.2 cm³/mol. The van der Waals surface area contributed by atoms with Gasteiger partial charge in [-0.2, -0.15) is 0 Å². The third-order valence-corrected chi connectivity index (χ3v) is 5.69. The molecule has 4 saturated heterocycles. The molecular formula is C17H28O7. The first-order valence-corrected chi connectivity index (χ1v) is 9.11. The van der Waals surface area contributed by atoms with Crippen LogP contribution in [0, 0.1) is 0 Å². The van der Waals surface area contributed by atoms with Crippen molar-refractivity contribution in [1.29, 1.82) is 0 Å². The monoisotopic (exact) mass is 344 g/mol. The smallest absolute Gasteiger partial charge is 0.224 e. The van der Waals surface area contributed by atoms with Gasteiger partial charge in [0.25, 0.3) is 0 Å². The van der Waals surface area contributed by atoms with Crippen LogP contribution in [0.2, 0.25) is 0 Å². The molecule has 4 aliphatic rings.